The quantitative estimate of drug-likeness (QED) is 0.592. The van der Waals surface area contributed by atoms with Gasteiger partial charge in [0.25, 0.3) is 0 Å². The molecule has 19 heavy (non-hydrogen) atoms. The molecular weight excluding hydrogens is 248 g/mol. The molecule has 0 fully saturated rings. The Labute approximate surface area is 116 Å². The Morgan fingerprint density at radius 2 is 1.58 bits per heavy atom. The maximum atomic E-state index is 10.4. The standard InChI is InChI=1S/C14H27O5/c1-5-8-17-12(3)9-19-13(4)10-18-11(2)6-7-14(15)16/h5,11-13H,6-10H2,1-4H3,(H,15,16). The summed E-state index contributed by atoms with van der Waals surface area (Å²) in [7, 11) is 0. The number of aliphatic carboxylic acids is 1. The van der Waals surface area contributed by atoms with E-state index in [2.05, 4.69) is 0 Å². The molecule has 0 rings (SSSR count). The first-order valence-corrected chi connectivity index (χ1v) is 6.80. The molecule has 0 saturated carbocycles. The second kappa shape index (κ2) is 11.2. The summed E-state index contributed by atoms with van der Waals surface area (Å²) in [6.07, 6.45) is 2.58. The Bertz CT molecular complexity index is 232. The lowest BCUT2D eigenvalue weighted by Crippen LogP contribution is -2.25. The second-order valence-corrected chi connectivity index (χ2v) is 4.77. The maximum Gasteiger partial charge on any atom is 0.303 e. The molecule has 0 aliphatic rings. The van der Waals surface area contributed by atoms with E-state index in [-0.39, 0.29) is 24.7 Å². The molecule has 0 aromatic carbocycles. The van der Waals surface area contributed by atoms with Crippen molar-refractivity contribution in [3.8, 4) is 0 Å². The van der Waals surface area contributed by atoms with Gasteiger partial charge in [-0.25, -0.2) is 0 Å². The van der Waals surface area contributed by atoms with Crippen molar-refractivity contribution in [2.24, 2.45) is 0 Å². The van der Waals surface area contributed by atoms with Gasteiger partial charge < -0.3 is 19.3 Å². The first-order chi connectivity index (χ1) is 8.95. The van der Waals surface area contributed by atoms with Gasteiger partial charge in [-0.05, 0) is 33.6 Å². The third-order valence-electron chi connectivity index (χ3n) is 2.54. The summed E-state index contributed by atoms with van der Waals surface area (Å²) in [5, 5.41) is 8.56. The number of hydrogen-bond acceptors (Lipinski definition) is 4. The highest BCUT2D eigenvalue weighted by Gasteiger charge is 2.10. The Morgan fingerprint density at radius 1 is 1.05 bits per heavy atom. The minimum absolute atomic E-state index is 0.0241. The number of carboxylic acids is 1. The van der Waals surface area contributed by atoms with Gasteiger partial charge in [0.15, 0.2) is 0 Å². The van der Waals surface area contributed by atoms with Crippen LogP contribution in [0.25, 0.3) is 0 Å². The number of ether oxygens (including phenoxy) is 3. The number of hydrogen-bond donors (Lipinski definition) is 1. The zero-order valence-electron chi connectivity index (χ0n) is 12.4. The van der Waals surface area contributed by atoms with Crippen LogP contribution in [0.4, 0.5) is 0 Å². The van der Waals surface area contributed by atoms with Crippen LogP contribution in [0, 0.1) is 6.42 Å². The van der Waals surface area contributed by atoms with E-state index in [0.29, 0.717) is 26.2 Å². The highest BCUT2D eigenvalue weighted by molar-refractivity contribution is 5.66. The van der Waals surface area contributed by atoms with Crippen molar-refractivity contribution in [3.63, 3.8) is 0 Å². The monoisotopic (exact) mass is 275 g/mol. The van der Waals surface area contributed by atoms with Crippen LogP contribution in [0.3, 0.4) is 0 Å². The summed E-state index contributed by atoms with van der Waals surface area (Å²) in [6.45, 7) is 9.34. The minimum atomic E-state index is -0.793. The fraction of sp³-hybridized carbons (Fsp3) is 0.857. The van der Waals surface area contributed by atoms with Crippen LogP contribution in [-0.4, -0.2) is 49.2 Å². The van der Waals surface area contributed by atoms with Gasteiger partial charge in [-0.15, -0.1) is 0 Å². The maximum absolute atomic E-state index is 10.4. The molecule has 1 N–H and O–H groups in total. The third kappa shape index (κ3) is 12.1. The Hall–Kier alpha value is -0.650. The number of carbonyl (C=O) groups is 1. The van der Waals surface area contributed by atoms with Crippen LogP contribution in [-0.2, 0) is 19.0 Å². The summed E-state index contributed by atoms with van der Waals surface area (Å²) in [5.74, 6) is -0.793. The molecule has 0 aliphatic heterocycles. The van der Waals surface area contributed by atoms with Gasteiger partial charge in [-0.3, -0.25) is 4.79 Å². The summed E-state index contributed by atoms with van der Waals surface area (Å²) in [5.41, 5.74) is 0. The fourth-order valence-electron chi connectivity index (χ4n) is 1.37. The van der Waals surface area contributed by atoms with Gasteiger partial charge in [0.05, 0.1) is 31.5 Å². The molecule has 0 saturated heterocycles. The highest BCUT2D eigenvalue weighted by atomic mass is 16.6. The SMILES string of the molecule is C[CH]COC(C)COC(C)COC(C)CCC(=O)O. The van der Waals surface area contributed by atoms with Crippen molar-refractivity contribution in [3.05, 3.63) is 6.42 Å². The molecule has 3 unspecified atom stereocenters. The molecule has 0 aromatic rings. The highest BCUT2D eigenvalue weighted by Crippen LogP contribution is 2.04. The van der Waals surface area contributed by atoms with Crippen LogP contribution in [0.15, 0.2) is 0 Å². The Morgan fingerprint density at radius 3 is 2.11 bits per heavy atom. The minimum Gasteiger partial charge on any atom is -0.481 e. The van der Waals surface area contributed by atoms with Crippen LogP contribution in [0.2, 0.25) is 0 Å². The topological polar surface area (TPSA) is 65.0 Å². The normalized spacial score (nSPS) is 16.0. The van der Waals surface area contributed by atoms with Crippen LogP contribution >= 0.6 is 0 Å². The van der Waals surface area contributed by atoms with Gasteiger partial charge in [0.2, 0.25) is 0 Å². The molecule has 0 spiro atoms. The van der Waals surface area contributed by atoms with Gasteiger partial charge in [-0.1, -0.05) is 6.92 Å². The molecule has 5 heteroatoms. The predicted octanol–water partition coefficient (Wildman–Crippen LogP) is 2.29. The zero-order valence-corrected chi connectivity index (χ0v) is 12.4. The lowest BCUT2D eigenvalue weighted by atomic mass is 10.2. The fourth-order valence-corrected chi connectivity index (χ4v) is 1.37. The van der Waals surface area contributed by atoms with E-state index >= 15 is 0 Å². The van der Waals surface area contributed by atoms with Crippen molar-refractivity contribution < 1.29 is 24.1 Å². The van der Waals surface area contributed by atoms with E-state index in [4.69, 9.17) is 19.3 Å². The molecule has 0 aliphatic carbocycles. The van der Waals surface area contributed by atoms with E-state index in [1.807, 2.05) is 34.1 Å². The van der Waals surface area contributed by atoms with E-state index in [0.717, 1.165) is 0 Å². The van der Waals surface area contributed by atoms with Crippen molar-refractivity contribution in [2.45, 2.75) is 58.8 Å². The largest absolute Gasteiger partial charge is 0.481 e. The lowest BCUT2D eigenvalue weighted by molar-refractivity contribution is -0.138. The lowest BCUT2D eigenvalue weighted by Gasteiger charge is -2.19. The molecule has 0 heterocycles. The summed E-state index contributed by atoms with van der Waals surface area (Å²) in [4.78, 5) is 10.4. The van der Waals surface area contributed by atoms with Gasteiger partial charge in [0.1, 0.15) is 0 Å². The van der Waals surface area contributed by atoms with Crippen molar-refractivity contribution in [1.82, 2.24) is 0 Å². The average Bonchev–Trinajstić information content (AvgIpc) is 2.37. The zero-order chi connectivity index (χ0) is 14.7. The molecule has 0 aromatic heterocycles. The van der Waals surface area contributed by atoms with E-state index in [1.165, 1.54) is 0 Å². The number of rotatable bonds is 12. The van der Waals surface area contributed by atoms with Crippen molar-refractivity contribution in [1.29, 1.82) is 0 Å². The smallest absolute Gasteiger partial charge is 0.303 e. The molecule has 1 radical (unpaired) electrons. The van der Waals surface area contributed by atoms with E-state index in [9.17, 15) is 4.79 Å². The summed E-state index contributed by atoms with van der Waals surface area (Å²) >= 11 is 0. The molecule has 5 nitrogen and oxygen atoms in total. The molecule has 3 atom stereocenters. The van der Waals surface area contributed by atoms with E-state index < -0.39 is 5.97 Å². The van der Waals surface area contributed by atoms with Gasteiger partial charge in [-0.2, -0.15) is 0 Å². The van der Waals surface area contributed by atoms with Gasteiger partial charge in [0, 0.05) is 13.0 Å². The van der Waals surface area contributed by atoms with Crippen LogP contribution in [0.1, 0.15) is 40.5 Å². The predicted molar refractivity (Wildman–Crippen MR) is 73.1 cm³/mol. The number of carboxylic acid groups (broad SMARTS) is 1. The first kappa shape index (κ1) is 18.4. The van der Waals surface area contributed by atoms with Crippen LogP contribution < -0.4 is 0 Å². The second-order valence-electron chi connectivity index (χ2n) is 4.77. The van der Waals surface area contributed by atoms with Crippen molar-refractivity contribution in [2.75, 3.05) is 19.8 Å². The Balaban J connectivity index is 3.57. The van der Waals surface area contributed by atoms with Crippen LogP contribution in [0.5, 0.6) is 0 Å². The first-order valence-electron chi connectivity index (χ1n) is 6.80. The Kier molecular flexibility index (Phi) is 10.8. The molecule has 0 bridgehead atoms. The summed E-state index contributed by atoms with van der Waals surface area (Å²) < 4.78 is 16.6. The average molecular weight is 275 g/mol. The van der Waals surface area contributed by atoms with Crippen molar-refractivity contribution >= 4 is 5.97 Å². The van der Waals surface area contributed by atoms with Gasteiger partial charge >= 0.3 is 5.97 Å². The third-order valence-corrected chi connectivity index (χ3v) is 2.54. The molecule has 113 valence electrons. The molecule has 0 amide bonds. The molecular formula is C14H27O5. The van der Waals surface area contributed by atoms with E-state index in [1.54, 1.807) is 0 Å². The summed E-state index contributed by atoms with van der Waals surface area (Å²) in [6, 6.07) is 0.